The second-order valence-electron chi connectivity index (χ2n) is 10.9. The number of aromatic nitrogens is 2. The van der Waals surface area contributed by atoms with E-state index in [0.717, 1.165) is 33.3 Å². The van der Waals surface area contributed by atoms with E-state index in [0.29, 0.717) is 49.8 Å². The van der Waals surface area contributed by atoms with Gasteiger partial charge in [0.25, 0.3) is 0 Å². The molecule has 2 aromatic heterocycles. The van der Waals surface area contributed by atoms with Gasteiger partial charge in [-0.1, -0.05) is 0 Å². The Morgan fingerprint density at radius 1 is 0.750 bits per heavy atom. The van der Waals surface area contributed by atoms with Crippen LogP contribution in [-0.2, 0) is 31.9 Å². The molecule has 0 saturated carbocycles. The van der Waals surface area contributed by atoms with Crippen LogP contribution in [0, 0.1) is 11.6 Å². The Balaban J connectivity index is 1.40. The maximum Gasteiger partial charge on any atom is 0.302 e. The number of ether oxygens (including phenoxy) is 2. The number of carbonyl (C=O) groups is 2. The molecule has 6 rings (SSSR count). The molecule has 2 saturated heterocycles. The maximum atomic E-state index is 14.3. The smallest absolute Gasteiger partial charge is 0.302 e. The number of benzene rings is 2. The van der Waals surface area contributed by atoms with Crippen LogP contribution in [0.5, 0.6) is 0 Å². The number of hydrogen-bond donors (Lipinski definition) is 4. The van der Waals surface area contributed by atoms with Gasteiger partial charge in [0.15, 0.2) is 0 Å². The molecule has 210 valence electrons. The Bertz CT molecular complexity index is 1480. The van der Waals surface area contributed by atoms with Crippen LogP contribution < -0.4 is 10.6 Å². The largest absolute Gasteiger partial charge is 0.461 e. The third-order valence-electron chi connectivity index (χ3n) is 7.92. The van der Waals surface area contributed by atoms with Gasteiger partial charge in [-0.25, -0.2) is 8.78 Å². The third kappa shape index (κ3) is 5.33. The molecule has 2 fully saturated rings. The maximum absolute atomic E-state index is 14.3. The zero-order valence-corrected chi connectivity index (χ0v) is 22.4. The highest BCUT2D eigenvalue weighted by atomic mass is 19.1. The minimum Gasteiger partial charge on any atom is -0.461 e. The van der Waals surface area contributed by atoms with E-state index in [1.807, 2.05) is 0 Å². The van der Waals surface area contributed by atoms with Gasteiger partial charge in [-0.3, -0.25) is 9.59 Å². The third-order valence-corrected chi connectivity index (χ3v) is 7.92. The molecule has 2 aromatic carbocycles. The zero-order chi connectivity index (χ0) is 28.0. The molecule has 0 amide bonds. The number of fused-ring (bicyclic) bond motifs is 2. The van der Waals surface area contributed by atoms with Gasteiger partial charge < -0.3 is 30.1 Å². The number of esters is 2. The van der Waals surface area contributed by atoms with Crippen molar-refractivity contribution in [3.05, 3.63) is 59.2 Å². The molecule has 2 aliphatic rings. The van der Waals surface area contributed by atoms with Gasteiger partial charge in [0, 0.05) is 73.7 Å². The summed E-state index contributed by atoms with van der Waals surface area (Å²) < 4.78 is 39.4. The van der Waals surface area contributed by atoms with Crippen LogP contribution in [0.2, 0.25) is 0 Å². The average molecular weight is 551 g/mol. The quantitative estimate of drug-likeness (QED) is 0.256. The van der Waals surface area contributed by atoms with Gasteiger partial charge in [0.05, 0.1) is 11.4 Å². The van der Waals surface area contributed by atoms with E-state index < -0.39 is 0 Å². The summed E-state index contributed by atoms with van der Waals surface area (Å²) in [4.78, 5) is 29.9. The highest BCUT2D eigenvalue weighted by Crippen LogP contribution is 2.38. The minimum atomic E-state index is -0.341. The number of aromatic amines is 2. The summed E-state index contributed by atoms with van der Waals surface area (Å²) in [6.45, 7) is 3.97. The van der Waals surface area contributed by atoms with E-state index in [9.17, 15) is 18.4 Å². The first-order valence-electron chi connectivity index (χ1n) is 13.6. The fourth-order valence-electron chi connectivity index (χ4n) is 6.32. The first-order chi connectivity index (χ1) is 19.2. The van der Waals surface area contributed by atoms with E-state index >= 15 is 0 Å². The standard InChI is InChI=1S/C30H32F2N4O4/c1-15(37)39-21-9-19(33-13-21)11-25-23-5-3-17(31)7-27(23)35-29(25)30-26(24-6-4-18(32)8-28(24)36-30)12-20-10-22(14-34-20)40-16(2)38/h3-8,19-22,33-36H,9-14H2,1-2H3/t19-,20-,21?,22?/m0/s1. The van der Waals surface area contributed by atoms with Crippen LogP contribution in [0.25, 0.3) is 33.2 Å². The van der Waals surface area contributed by atoms with Crippen molar-refractivity contribution in [1.82, 2.24) is 20.6 Å². The molecule has 4 aromatic rings. The Morgan fingerprint density at radius 3 is 1.57 bits per heavy atom. The fraction of sp³-hybridized carbons (Fsp3) is 0.400. The van der Waals surface area contributed by atoms with Crippen LogP contribution in [0.4, 0.5) is 8.78 Å². The molecular weight excluding hydrogens is 518 g/mol. The molecule has 0 aliphatic carbocycles. The topological polar surface area (TPSA) is 108 Å². The molecule has 2 aliphatic heterocycles. The van der Waals surface area contributed by atoms with Gasteiger partial charge in [-0.15, -0.1) is 0 Å². The van der Waals surface area contributed by atoms with Crippen LogP contribution in [0.15, 0.2) is 36.4 Å². The molecular formula is C30H32F2N4O4. The van der Waals surface area contributed by atoms with Crippen LogP contribution in [-0.4, -0.2) is 59.3 Å². The Labute approximate surface area is 229 Å². The summed E-state index contributed by atoms with van der Waals surface area (Å²) in [6.07, 6.45) is 2.19. The number of carbonyl (C=O) groups excluding carboxylic acids is 2. The lowest BCUT2D eigenvalue weighted by molar-refractivity contribution is -0.146. The second kappa shape index (κ2) is 10.7. The van der Waals surface area contributed by atoms with Crippen molar-refractivity contribution in [2.45, 2.75) is 63.8 Å². The normalized spacial score (nSPS) is 22.8. The van der Waals surface area contributed by atoms with Crippen LogP contribution in [0.3, 0.4) is 0 Å². The highest BCUT2D eigenvalue weighted by Gasteiger charge is 2.31. The number of nitrogens with one attached hydrogen (secondary N) is 4. The Morgan fingerprint density at radius 2 is 1.18 bits per heavy atom. The van der Waals surface area contributed by atoms with Gasteiger partial charge in [-0.2, -0.15) is 0 Å². The summed E-state index contributed by atoms with van der Waals surface area (Å²) in [5.74, 6) is -1.29. The second-order valence-corrected chi connectivity index (χ2v) is 10.9. The highest BCUT2D eigenvalue weighted by molar-refractivity contribution is 5.96. The van der Waals surface area contributed by atoms with Crippen molar-refractivity contribution in [1.29, 1.82) is 0 Å². The monoisotopic (exact) mass is 550 g/mol. The lowest BCUT2D eigenvalue weighted by Gasteiger charge is -2.15. The molecule has 2 unspecified atom stereocenters. The predicted octanol–water partition coefficient (Wildman–Crippen LogP) is 4.27. The summed E-state index contributed by atoms with van der Waals surface area (Å²) in [6, 6.07) is 9.54. The van der Waals surface area contributed by atoms with Crippen LogP contribution >= 0.6 is 0 Å². The summed E-state index contributed by atoms with van der Waals surface area (Å²) in [7, 11) is 0. The van der Waals surface area contributed by atoms with Gasteiger partial charge in [0.1, 0.15) is 23.8 Å². The van der Waals surface area contributed by atoms with E-state index in [2.05, 4.69) is 20.6 Å². The molecule has 10 heteroatoms. The van der Waals surface area contributed by atoms with E-state index in [1.54, 1.807) is 12.1 Å². The summed E-state index contributed by atoms with van der Waals surface area (Å²) in [5, 5.41) is 8.72. The van der Waals surface area contributed by atoms with E-state index in [-0.39, 0.29) is 47.9 Å². The Kier molecular flexibility index (Phi) is 7.06. The molecule has 4 heterocycles. The lowest BCUT2D eigenvalue weighted by atomic mass is 9.95. The number of hydrogen-bond acceptors (Lipinski definition) is 6. The molecule has 0 spiro atoms. The molecule has 4 atom stereocenters. The molecule has 40 heavy (non-hydrogen) atoms. The Hall–Kier alpha value is -3.76. The van der Waals surface area contributed by atoms with Gasteiger partial charge in [-0.05, 0) is 60.4 Å². The fourth-order valence-corrected chi connectivity index (χ4v) is 6.32. The van der Waals surface area contributed by atoms with E-state index in [4.69, 9.17) is 9.47 Å². The van der Waals surface area contributed by atoms with Crippen molar-refractivity contribution in [2.75, 3.05) is 13.1 Å². The minimum absolute atomic E-state index is 0.0541. The average Bonchev–Trinajstić information content (AvgIpc) is 3.66. The van der Waals surface area contributed by atoms with Gasteiger partial charge >= 0.3 is 11.9 Å². The van der Waals surface area contributed by atoms with Crippen LogP contribution in [0.1, 0.15) is 37.8 Å². The first-order valence-corrected chi connectivity index (χ1v) is 13.6. The van der Waals surface area contributed by atoms with Crippen molar-refractivity contribution >= 4 is 33.7 Å². The van der Waals surface area contributed by atoms with Gasteiger partial charge in [0.2, 0.25) is 0 Å². The molecule has 0 radical (unpaired) electrons. The number of H-pyrrole nitrogens is 2. The van der Waals surface area contributed by atoms with Crippen molar-refractivity contribution in [3.8, 4) is 11.4 Å². The summed E-state index contributed by atoms with van der Waals surface area (Å²) in [5.41, 5.74) is 4.98. The number of rotatable bonds is 7. The number of halogens is 2. The molecule has 8 nitrogen and oxygen atoms in total. The van der Waals surface area contributed by atoms with Crippen molar-refractivity contribution in [3.63, 3.8) is 0 Å². The van der Waals surface area contributed by atoms with E-state index in [1.165, 1.54) is 38.1 Å². The van der Waals surface area contributed by atoms with Crippen molar-refractivity contribution < 1.29 is 27.8 Å². The molecule has 4 N–H and O–H groups in total. The first kappa shape index (κ1) is 26.5. The lowest BCUT2D eigenvalue weighted by Crippen LogP contribution is -2.24. The molecule has 0 bridgehead atoms. The SMILES string of the molecule is CC(=O)OC1CN[C@H](Cc2c(-c3[nH]c4cc(F)ccc4c3C[C@@H]3CC(OC(C)=O)CN3)[nH]c3cc(F)ccc23)C1. The summed E-state index contributed by atoms with van der Waals surface area (Å²) >= 11 is 0. The van der Waals surface area contributed by atoms with Crippen molar-refractivity contribution in [2.24, 2.45) is 0 Å². The predicted molar refractivity (Wildman–Crippen MR) is 147 cm³/mol. The zero-order valence-electron chi connectivity index (χ0n) is 22.4.